The fraction of sp³-hybridized carbons (Fsp3) is 0.733. The molecule has 0 nitrogen and oxygen atoms in total. The summed E-state index contributed by atoms with van der Waals surface area (Å²) in [6.07, 6.45) is 6.66. The van der Waals surface area contributed by atoms with Crippen molar-refractivity contribution in [3.05, 3.63) is 26.5 Å². The monoisotopic (exact) mass is 238 g/mol. The van der Waals surface area contributed by atoms with Crippen molar-refractivity contribution in [2.75, 3.05) is 0 Å². The van der Waals surface area contributed by atoms with Gasteiger partial charge < -0.3 is 20.4 Å². The summed E-state index contributed by atoms with van der Waals surface area (Å²) in [6, 6.07) is 0. The molecule has 0 radical (unpaired) electrons. The molecule has 0 aliphatic carbocycles. The minimum absolute atomic E-state index is 0. The maximum absolute atomic E-state index is 5.14. The third-order valence-corrected chi connectivity index (χ3v) is 0.974. The Morgan fingerprint density at radius 3 is 1.50 bits per heavy atom. The minimum Gasteiger partial charge on any atom is -0.518 e. The van der Waals surface area contributed by atoms with E-state index in [1.165, 1.54) is 19.3 Å². The zero-order valence-electron chi connectivity index (χ0n) is 12.1. The van der Waals surface area contributed by atoms with Crippen molar-refractivity contribution in [1.82, 2.24) is 0 Å². The van der Waals surface area contributed by atoms with Crippen LogP contribution in [-0.2, 0) is 0 Å². The van der Waals surface area contributed by atoms with Crippen molar-refractivity contribution in [3.63, 3.8) is 0 Å². The fourth-order valence-corrected chi connectivity index (χ4v) is 0.512. The fourth-order valence-electron chi connectivity index (χ4n) is 0.512. The summed E-state index contributed by atoms with van der Waals surface area (Å²) in [5.41, 5.74) is 0. The Morgan fingerprint density at radius 2 is 1.31 bits per heavy atom. The van der Waals surface area contributed by atoms with Gasteiger partial charge in [0.1, 0.15) is 0 Å². The molecule has 0 aromatic heterocycles. The molecule has 0 aromatic rings. The molecule has 94 valence electrons. The van der Waals surface area contributed by atoms with E-state index in [1.54, 1.807) is 6.08 Å². The molecular weight excluding hydrogens is 207 g/mol. The van der Waals surface area contributed by atoms with Crippen LogP contribution in [0.2, 0.25) is 0 Å². The summed E-state index contributed by atoms with van der Waals surface area (Å²) in [5.74, 6) is 1.17. The molecule has 0 bridgehead atoms. The van der Waals surface area contributed by atoms with Gasteiger partial charge in [-0.1, -0.05) is 60.3 Å². The van der Waals surface area contributed by atoms with Crippen LogP contribution in [0.4, 0.5) is 0 Å². The van der Waals surface area contributed by atoms with Crippen molar-refractivity contribution in [2.45, 2.75) is 60.3 Å². The first-order valence-electron chi connectivity index (χ1n) is 6.07. The topological polar surface area (TPSA) is 0 Å². The van der Waals surface area contributed by atoms with Gasteiger partial charge in [0.05, 0.1) is 0 Å². The molecule has 0 unspecified atom stereocenters. The van der Waals surface area contributed by atoms with Gasteiger partial charge in [0.15, 0.2) is 0 Å². The number of hydrogen-bond donors (Lipinski definition) is 0. The molecule has 0 spiro atoms. The zero-order chi connectivity index (χ0) is 12.7. The number of unbranched alkanes of at least 4 members (excludes halogenated alkanes) is 3. The second kappa shape index (κ2) is 24.5. The van der Waals surface area contributed by atoms with Crippen LogP contribution in [0.15, 0.2) is 6.08 Å². The van der Waals surface area contributed by atoms with Crippen LogP contribution in [0, 0.1) is 32.3 Å². The van der Waals surface area contributed by atoms with Crippen molar-refractivity contribution in [1.29, 1.82) is 0 Å². The minimum atomic E-state index is 0. The van der Waals surface area contributed by atoms with Crippen molar-refractivity contribution in [2.24, 2.45) is 11.8 Å². The predicted octanol–water partition coefficient (Wildman–Crippen LogP) is 5.13. The molecule has 0 atom stereocenters. The SMILES string of the molecule is [Al+3].[CH-]=CCCCCC.[CH2-]C(C)C.[CH2-]C(C)C. The maximum Gasteiger partial charge on any atom is 3.00 e. The standard InChI is InChI=1S/C7H13.2C4H9.Al/c1-3-5-7-6-4-2;2*1-4(2)3;/h1,3H,4-7H2,2H3;2*4H,1H2,2-3H3;/q3*-1;+3. The van der Waals surface area contributed by atoms with Gasteiger partial charge in [0.25, 0.3) is 0 Å². The van der Waals surface area contributed by atoms with Gasteiger partial charge in [-0.05, 0) is 0 Å². The van der Waals surface area contributed by atoms with Gasteiger partial charge in [-0.3, -0.25) is 6.08 Å². The second-order valence-corrected chi connectivity index (χ2v) is 4.52. The summed E-state index contributed by atoms with van der Waals surface area (Å²) in [5, 5.41) is 0. The van der Waals surface area contributed by atoms with Gasteiger partial charge in [-0.2, -0.15) is 11.8 Å². The van der Waals surface area contributed by atoms with E-state index >= 15 is 0 Å². The van der Waals surface area contributed by atoms with E-state index < -0.39 is 0 Å². The first-order valence-corrected chi connectivity index (χ1v) is 6.07. The predicted molar refractivity (Wildman–Crippen MR) is 79.2 cm³/mol. The number of allylic oxidation sites excluding steroid dienone is 1. The van der Waals surface area contributed by atoms with E-state index in [4.69, 9.17) is 6.58 Å². The smallest absolute Gasteiger partial charge is 0.518 e. The summed E-state index contributed by atoms with van der Waals surface area (Å²) < 4.78 is 0. The van der Waals surface area contributed by atoms with E-state index in [9.17, 15) is 0 Å². The molecule has 1 heteroatoms. The van der Waals surface area contributed by atoms with E-state index in [-0.39, 0.29) is 17.4 Å². The Labute approximate surface area is 116 Å². The summed E-state index contributed by atoms with van der Waals surface area (Å²) >= 11 is 0. The number of rotatable bonds is 4. The van der Waals surface area contributed by atoms with Crippen LogP contribution < -0.4 is 0 Å². The van der Waals surface area contributed by atoms with Crippen molar-refractivity contribution in [3.8, 4) is 0 Å². The Kier molecular flexibility index (Phi) is 38.6. The third-order valence-electron chi connectivity index (χ3n) is 0.974. The van der Waals surface area contributed by atoms with Gasteiger partial charge in [-0.15, -0.1) is 0 Å². The van der Waals surface area contributed by atoms with E-state index in [2.05, 4.69) is 48.5 Å². The Bertz CT molecular complexity index is 84.1. The van der Waals surface area contributed by atoms with Crippen molar-refractivity contribution < 1.29 is 0 Å². The molecule has 0 fully saturated rings. The molecule has 0 aliphatic rings. The Hall–Kier alpha value is 0.272. The van der Waals surface area contributed by atoms with Crippen LogP contribution in [0.3, 0.4) is 0 Å². The first-order chi connectivity index (χ1) is 6.88. The summed E-state index contributed by atoms with van der Waals surface area (Å²) in [4.78, 5) is 0. The molecule has 0 aliphatic heterocycles. The average molecular weight is 238 g/mol. The molecular formula is C15H31Al. The molecule has 0 saturated carbocycles. The largest absolute Gasteiger partial charge is 3.00 e. The van der Waals surface area contributed by atoms with Crippen LogP contribution in [0.25, 0.3) is 0 Å². The summed E-state index contributed by atoms with van der Waals surface area (Å²) in [7, 11) is 0. The van der Waals surface area contributed by atoms with Crippen molar-refractivity contribution >= 4 is 17.4 Å². The normalized spacial score (nSPS) is 8.31. The second-order valence-electron chi connectivity index (χ2n) is 4.52. The Balaban J connectivity index is -0.0000000700. The third kappa shape index (κ3) is 138. The van der Waals surface area contributed by atoms with Crippen LogP contribution in [0.1, 0.15) is 60.3 Å². The number of hydrogen-bond acceptors (Lipinski definition) is 0. The Morgan fingerprint density at radius 1 is 1.00 bits per heavy atom. The van der Waals surface area contributed by atoms with E-state index in [0.29, 0.717) is 11.8 Å². The average Bonchev–Trinajstić information content (AvgIpc) is 2.03. The molecule has 16 heavy (non-hydrogen) atoms. The van der Waals surface area contributed by atoms with Crippen LogP contribution in [-0.4, -0.2) is 17.4 Å². The van der Waals surface area contributed by atoms with Gasteiger partial charge in [-0.25, -0.2) is 0 Å². The van der Waals surface area contributed by atoms with Gasteiger partial charge >= 0.3 is 17.4 Å². The molecule has 0 N–H and O–H groups in total. The van der Waals surface area contributed by atoms with Crippen LogP contribution in [0.5, 0.6) is 0 Å². The zero-order valence-corrected chi connectivity index (χ0v) is 13.3. The van der Waals surface area contributed by atoms with Gasteiger partial charge in [0.2, 0.25) is 0 Å². The van der Waals surface area contributed by atoms with Crippen LogP contribution >= 0.6 is 0 Å². The first kappa shape index (κ1) is 25.2. The maximum atomic E-state index is 5.14. The molecule has 0 saturated heterocycles. The van der Waals surface area contributed by atoms with E-state index in [0.717, 1.165) is 6.42 Å². The molecule has 0 rings (SSSR count). The van der Waals surface area contributed by atoms with Gasteiger partial charge in [0, 0.05) is 0 Å². The molecule has 0 aromatic carbocycles. The summed E-state index contributed by atoms with van der Waals surface area (Å²) in [6.45, 7) is 22.8. The quantitative estimate of drug-likeness (QED) is 0.362. The van der Waals surface area contributed by atoms with E-state index in [1.807, 2.05) is 0 Å². The molecule has 0 amide bonds. The molecule has 0 heterocycles.